The predicted molar refractivity (Wildman–Crippen MR) is 123 cm³/mol. The Morgan fingerprint density at radius 2 is 1.74 bits per heavy atom. The summed E-state index contributed by atoms with van der Waals surface area (Å²) in [5, 5.41) is 3.14. The summed E-state index contributed by atoms with van der Waals surface area (Å²) in [5.41, 5.74) is 2.21. The van der Waals surface area contributed by atoms with Gasteiger partial charge in [-0.05, 0) is 63.3 Å². The van der Waals surface area contributed by atoms with Gasteiger partial charge in [0.25, 0.3) is 0 Å². The maximum Gasteiger partial charge on any atom is 0.223 e. The van der Waals surface area contributed by atoms with Gasteiger partial charge >= 0.3 is 0 Å². The number of nitrogens with one attached hydrogen (secondary N) is 1. The molecule has 1 saturated heterocycles. The standard InChI is InChI=1S/C26H34N2O3/c1-19(2)31-24-11-7-10-23(18-24)20(3)27-26(30)22-14-16-28(17-15-22)25(29)13-12-21-8-5-4-6-9-21/h4-11,18-20,22H,12-17H2,1-3H3,(H,27,30)/t20-/m1/s1. The number of carbonyl (C=O) groups excluding carboxylic acids is 2. The minimum absolute atomic E-state index is 0.0456. The van der Waals surface area contributed by atoms with Crippen LogP contribution in [0.2, 0.25) is 0 Å². The van der Waals surface area contributed by atoms with E-state index < -0.39 is 0 Å². The second kappa shape index (κ2) is 11.0. The van der Waals surface area contributed by atoms with Crippen molar-refractivity contribution in [2.24, 2.45) is 5.92 Å². The van der Waals surface area contributed by atoms with E-state index in [4.69, 9.17) is 4.74 Å². The van der Waals surface area contributed by atoms with Crippen LogP contribution in [-0.2, 0) is 16.0 Å². The highest BCUT2D eigenvalue weighted by Crippen LogP contribution is 2.23. The Bertz CT molecular complexity index is 858. The van der Waals surface area contributed by atoms with Gasteiger partial charge in [0.15, 0.2) is 0 Å². The molecule has 0 radical (unpaired) electrons. The summed E-state index contributed by atoms with van der Waals surface area (Å²) in [6.07, 6.45) is 2.82. The van der Waals surface area contributed by atoms with Gasteiger partial charge in [0.05, 0.1) is 12.1 Å². The first-order valence-electron chi connectivity index (χ1n) is 11.3. The Kier molecular flexibility index (Phi) is 8.10. The van der Waals surface area contributed by atoms with Crippen molar-refractivity contribution in [1.29, 1.82) is 0 Å². The molecule has 2 amide bonds. The van der Waals surface area contributed by atoms with E-state index >= 15 is 0 Å². The highest BCUT2D eigenvalue weighted by Gasteiger charge is 2.28. The van der Waals surface area contributed by atoms with Crippen molar-refractivity contribution in [1.82, 2.24) is 10.2 Å². The molecule has 0 spiro atoms. The van der Waals surface area contributed by atoms with Gasteiger partial charge in [-0.3, -0.25) is 9.59 Å². The highest BCUT2D eigenvalue weighted by atomic mass is 16.5. The van der Waals surface area contributed by atoms with Crippen molar-refractivity contribution < 1.29 is 14.3 Å². The van der Waals surface area contributed by atoms with E-state index in [0.29, 0.717) is 32.4 Å². The Labute approximate surface area is 185 Å². The molecule has 1 heterocycles. The average Bonchev–Trinajstić information content (AvgIpc) is 2.78. The lowest BCUT2D eigenvalue weighted by atomic mass is 9.94. The minimum Gasteiger partial charge on any atom is -0.491 e. The molecule has 2 aromatic carbocycles. The predicted octanol–water partition coefficient (Wildman–Crippen LogP) is 4.52. The first-order valence-corrected chi connectivity index (χ1v) is 11.3. The van der Waals surface area contributed by atoms with Crippen molar-refractivity contribution >= 4 is 11.8 Å². The molecule has 0 aliphatic carbocycles. The average molecular weight is 423 g/mol. The lowest BCUT2D eigenvalue weighted by molar-refractivity contribution is -0.135. The van der Waals surface area contributed by atoms with Gasteiger partial charge in [-0.15, -0.1) is 0 Å². The van der Waals surface area contributed by atoms with Gasteiger partial charge in [-0.2, -0.15) is 0 Å². The van der Waals surface area contributed by atoms with Crippen molar-refractivity contribution in [2.75, 3.05) is 13.1 Å². The highest BCUT2D eigenvalue weighted by molar-refractivity contribution is 5.80. The molecule has 1 aliphatic heterocycles. The van der Waals surface area contributed by atoms with Crippen molar-refractivity contribution in [3.05, 3.63) is 65.7 Å². The number of amides is 2. The number of ether oxygens (including phenoxy) is 1. The molecule has 2 aromatic rings. The van der Waals surface area contributed by atoms with Crippen LogP contribution in [0.5, 0.6) is 5.75 Å². The van der Waals surface area contributed by atoms with E-state index in [-0.39, 0.29) is 29.9 Å². The number of hydrogen-bond donors (Lipinski definition) is 1. The van der Waals surface area contributed by atoms with Gasteiger partial charge in [0.2, 0.25) is 11.8 Å². The van der Waals surface area contributed by atoms with Gasteiger partial charge in [0, 0.05) is 25.4 Å². The number of likely N-dealkylation sites (tertiary alicyclic amines) is 1. The normalized spacial score (nSPS) is 15.5. The molecule has 5 nitrogen and oxygen atoms in total. The van der Waals surface area contributed by atoms with Crippen LogP contribution in [0.3, 0.4) is 0 Å². The zero-order valence-corrected chi connectivity index (χ0v) is 18.8. The largest absolute Gasteiger partial charge is 0.491 e. The Hall–Kier alpha value is -2.82. The molecule has 31 heavy (non-hydrogen) atoms. The summed E-state index contributed by atoms with van der Waals surface area (Å²) >= 11 is 0. The third kappa shape index (κ3) is 6.84. The van der Waals surface area contributed by atoms with Gasteiger partial charge in [0.1, 0.15) is 5.75 Å². The van der Waals surface area contributed by atoms with Crippen LogP contribution in [0.15, 0.2) is 54.6 Å². The number of carbonyl (C=O) groups is 2. The van der Waals surface area contributed by atoms with E-state index in [0.717, 1.165) is 17.7 Å². The second-order valence-electron chi connectivity index (χ2n) is 8.61. The smallest absolute Gasteiger partial charge is 0.223 e. The van der Waals surface area contributed by atoms with E-state index in [1.54, 1.807) is 0 Å². The van der Waals surface area contributed by atoms with Crippen molar-refractivity contribution in [3.8, 4) is 5.75 Å². The van der Waals surface area contributed by atoms with Crippen molar-refractivity contribution in [3.63, 3.8) is 0 Å². The first kappa shape index (κ1) is 22.9. The van der Waals surface area contributed by atoms with E-state index in [1.807, 2.05) is 68.1 Å². The Morgan fingerprint density at radius 3 is 2.42 bits per heavy atom. The Morgan fingerprint density at radius 1 is 1.03 bits per heavy atom. The van der Waals surface area contributed by atoms with Crippen molar-refractivity contribution in [2.45, 2.75) is 58.6 Å². The summed E-state index contributed by atoms with van der Waals surface area (Å²) in [6, 6.07) is 17.9. The lowest BCUT2D eigenvalue weighted by Crippen LogP contribution is -2.43. The van der Waals surface area contributed by atoms with E-state index in [2.05, 4.69) is 17.4 Å². The summed E-state index contributed by atoms with van der Waals surface area (Å²) in [4.78, 5) is 27.2. The monoisotopic (exact) mass is 422 g/mol. The molecule has 1 N–H and O–H groups in total. The molecule has 3 rings (SSSR count). The molecule has 166 valence electrons. The lowest BCUT2D eigenvalue weighted by Gasteiger charge is -2.32. The van der Waals surface area contributed by atoms with Crippen LogP contribution in [0.4, 0.5) is 0 Å². The van der Waals surface area contributed by atoms with Crippen LogP contribution < -0.4 is 10.1 Å². The first-order chi connectivity index (χ1) is 14.9. The Balaban J connectivity index is 1.45. The molecular weight excluding hydrogens is 388 g/mol. The second-order valence-corrected chi connectivity index (χ2v) is 8.61. The van der Waals surface area contributed by atoms with E-state index in [9.17, 15) is 9.59 Å². The molecule has 0 aromatic heterocycles. The fourth-order valence-corrected chi connectivity index (χ4v) is 3.99. The quantitative estimate of drug-likeness (QED) is 0.680. The summed E-state index contributed by atoms with van der Waals surface area (Å²) in [7, 11) is 0. The minimum atomic E-state index is -0.0891. The van der Waals surface area contributed by atoms with Gasteiger partial charge < -0.3 is 15.0 Å². The molecular formula is C26H34N2O3. The fourth-order valence-electron chi connectivity index (χ4n) is 3.99. The maximum atomic E-state index is 12.8. The molecule has 0 unspecified atom stereocenters. The van der Waals surface area contributed by atoms with Crippen LogP contribution in [0.25, 0.3) is 0 Å². The number of aryl methyl sites for hydroxylation is 1. The maximum absolute atomic E-state index is 12.8. The number of rotatable bonds is 8. The van der Waals surface area contributed by atoms with Gasteiger partial charge in [-0.1, -0.05) is 42.5 Å². The van der Waals surface area contributed by atoms with E-state index in [1.165, 1.54) is 5.56 Å². The summed E-state index contributed by atoms with van der Waals surface area (Å²) < 4.78 is 5.76. The zero-order valence-electron chi connectivity index (χ0n) is 18.8. The third-order valence-electron chi connectivity index (χ3n) is 5.78. The number of piperidine rings is 1. The molecule has 1 aliphatic rings. The van der Waals surface area contributed by atoms with Gasteiger partial charge in [-0.25, -0.2) is 0 Å². The van der Waals surface area contributed by atoms with Crippen LogP contribution >= 0.6 is 0 Å². The zero-order chi connectivity index (χ0) is 22.2. The van der Waals surface area contributed by atoms with Crippen LogP contribution in [0, 0.1) is 5.92 Å². The topological polar surface area (TPSA) is 58.6 Å². The molecule has 5 heteroatoms. The summed E-state index contributed by atoms with van der Waals surface area (Å²) in [5.74, 6) is 1.02. The number of benzene rings is 2. The molecule has 0 saturated carbocycles. The third-order valence-corrected chi connectivity index (χ3v) is 5.78. The molecule has 1 fully saturated rings. The fraction of sp³-hybridized carbons (Fsp3) is 0.462. The SMILES string of the molecule is CC(C)Oc1cccc([C@@H](C)NC(=O)C2CCN(C(=O)CCc3ccccc3)CC2)c1. The number of nitrogens with zero attached hydrogens (tertiary/aromatic N) is 1. The van der Waals surface area contributed by atoms with Crippen LogP contribution in [-0.4, -0.2) is 35.9 Å². The van der Waals surface area contributed by atoms with Crippen LogP contribution in [0.1, 0.15) is 57.2 Å². The molecule has 0 bridgehead atoms. The number of hydrogen-bond acceptors (Lipinski definition) is 3. The summed E-state index contributed by atoms with van der Waals surface area (Å²) in [6.45, 7) is 7.29. The molecule has 1 atom stereocenters.